The Balaban J connectivity index is 1.55. The summed E-state index contributed by atoms with van der Waals surface area (Å²) in [5.41, 5.74) is 6.24. The molecule has 0 amide bonds. The maximum atomic E-state index is 4.10. The lowest BCUT2D eigenvalue weighted by Gasteiger charge is -2.61. The smallest absolute Gasteiger partial charge is 0.213 e. The molecule has 0 radical (unpaired) electrons. The van der Waals surface area contributed by atoms with Crippen LogP contribution >= 0.6 is 11.8 Å². The number of nitrogens with one attached hydrogen (secondary N) is 2. The third-order valence-electron chi connectivity index (χ3n) is 8.95. The number of piperidine rings is 2. The van der Waals surface area contributed by atoms with Crippen LogP contribution < -0.4 is 21.6 Å². The van der Waals surface area contributed by atoms with E-state index in [-0.39, 0.29) is 5.41 Å². The van der Waals surface area contributed by atoms with E-state index in [0.717, 1.165) is 19.6 Å². The normalized spacial score (nSPS) is 32.4. The van der Waals surface area contributed by atoms with Gasteiger partial charge in [-0.05, 0) is 67.8 Å². The van der Waals surface area contributed by atoms with E-state index in [0.29, 0.717) is 29.7 Å². The van der Waals surface area contributed by atoms with Crippen LogP contribution in [0.15, 0.2) is 83.8 Å². The lowest BCUT2D eigenvalue weighted by molar-refractivity contribution is 0.169. The van der Waals surface area contributed by atoms with Crippen LogP contribution in [-0.4, -0.2) is 37.6 Å². The molecule has 2 nitrogen and oxygen atoms in total. The summed E-state index contributed by atoms with van der Waals surface area (Å²) in [4.78, 5) is 1.51. The predicted octanol–water partition coefficient (Wildman–Crippen LogP) is 3.80. The van der Waals surface area contributed by atoms with Gasteiger partial charge in [-0.15, -0.1) is 11.8 Å². The first-order valence-electron chi connectivity index (χ1n) is 12.7. The Bertz CT molecular complexity index is 1170. The second-order valence-electron chi connectivity index (χ2n) is 10.3. The Morgan fingerprint density at radius 1 is 0.818 bits per heavy atom. The van der Waals surface area contributed by atoms with Gasteiger partial charge in [-0.2, -0.15) is 0 Å². The van der Waals surface area contributed by atoms with Gasteiger partial charge in [0.1, 0.15) is 0 Å². The molecule has 5 atom stereocenters. The minimum absolute atomic E-state index is 0.0207. The molecule has 166 valence electrons. The minimum atomic E-state index is 0.0207. The lowest BCUT2D eigenvalue weighted by Crippen LogP contribution is -2.71. The molecule has 0 bridgehead atoms. The van der Waals surface area contributed by atoms with Gasteiger partial charge in [0, 0.05) is 21.6 Å². The molecule has 4 aliphatic rings. The van der Waals surface area contributed by atoms with Crippen molar-refractivity contribution < 1.29 is 0 Å². The molecule has 2 fully saturated rings. The van der Waals surface area contributed by atoms with Gasteiger partial charge in [-0.1, -0.05) is 83.7 Å². The molecule has 4 aliphatic heterocycles. The van der Waals surface area contributed by atoms with Crippen molar-refractivity contribution in [1.29, 1.82) is 0 Å². The van der Waals surface area contributed by atoms with E-state index in [2.05, 4.69) is 101 Å². The summed E-state index contributed by atoms with van der Waals surface area (Å²) in [6.07, 6.45) is 3.84. The van der Waals surface area contributed by atoms with Gasteiger partial charge in [0.05, 0.1) is 0 Å². The quantitative estimate of drug-likeness (QED) is 0.552. The number of hydrogen-bond donors (Lipinski definition) is 2. The Hall–Kier alpha value is -2.01. The van der Waals surface area contributed by atoms with E-state index in [1.54, 1.807) is 16.6 Å². The zero-order chi connectivity index (χ0) is 21.8. The topological polar surface area (TPSA) is 24.1 Å². The van der Waals surface area contributed by atoms with E-state index < -0.39 is 0 Å². The fourth-order valence-corrected chi connectivity index (χ4v) is 9.44. The van der Waals surface area contributed by atoms with Crippen molar-refractivity contribution in [3.05, 3.63) is 90.0 Å². The molecular formula is C29H31BN2S. The van der Waals surface area contributed by atoms with Crippen molar-refractivity contribution in [2.24, 2.45) is 5.92 Å². The van der Waals surface area contributed by atoms with Crippen molar-refractivity contribution in [2.75, 3.05) is 19.6 Å². The van der Waals surface area contributed by atoms with Crippen LogP contribution in [-0.2, 0) is 5.41 Å². The largest absolute Gasteiger partial charge is 0.316 e. The van der Waals surface area contributed by atoms with Crippen molar-refractivity contribution in [2.45, 2.75) is 46.7 Å². The van der Waals surface area contributed by atoms with Gasteiger partial charge in [0.2, 0.25) is 6.71 Å². The maximum Gasteiger partial charge on any atom is 0.213 e. The molecule has 4 heteroatoms. The maximum absolute atomic E-state index is 4.10. The van der Waals surface area contributed by atoms with E-state index >= 15 is 0 Å². The van der Waals surface area contributed by atoms with Crippen LogP contribution in [0.5, 0.6) is 0 Å². The number of fused-ring (bicyclic) bond motifs is 8. The molecule has 0 aliphatic carbocycles. The Labute approximate surface area is 202 Å². The molecule has 2 N–H and O–H groups in total. The van der Waals surface area contributed by atoms with Crippen molar-refractivity contribution in [3.8, 4) is 0 Å². The molecule has 33 heavy (non-hydrogen) atoms. The Kier molecular flexibility index (Phi) is 4.97. The third kappa shape index (κ3) is 2.90. The van der Waals surface area contributed by atoms with Gasteiger partial charge in [0.15, 0.2) is 0 Å². The van der Waals surface area contributed by atoms with Crippen molar-refractivity contribution >= 4 is 29.4 Å². The van der Waals surface area contributed by atoms with E-state index in [1.165, 1.54) is 29.6 Å². The fourth-order valence-electron chi connectivity index (χ4n) is 7.86. The summed E-state index contributed by atoms with van der Waals surface area (Å²) >= 11 is 2.14. The minimum Gasteiger partial charge on any atom is -0.316 e. The first-order valence-corrected chi connectivity index (χ1v) is 13.6. The van der Waals surface area contributed by atoms with E-state index in [4.69, 9.17) is 0 Å². The predicted molar refractivity (Wildman–Crippen MR) is 141 cm³/mol. The monoisotopic (exact) mass is 450 g/mol. The van der Waals surface area contributed by atoms with Crippen LogP contribution in [0.3, 0.4) is 0 Å². The van der Waals surface area contributed by atoms with Gasteiger partial charge in [-0.3, -0.25) is 0 Å². The summed E-state index contributed by atoms with van der Waals surface area (Å²) < 4.78 is 0. The van der Waals surface area contributed by atoms with E-state index in [1.807, 2.05) is 0 Å². The average molecular weight is 450 g/mol. The molecule has 0 saturated carbocycles. The molecule has 3 aromatic rings. The summed E-state index contributed by atoms with van der Waals surface area (Å²) in [5.74, 6) is 1.22. The van der Waals surface area contributed by atoms with Crippen LogP contribution in [0.25, 0.3) is 0 Å². The van der Waals surface area contributed by atoms with Gasteiger partial charge in [-0.25, -0.2) is 0 Å². The first kappa shape index (κ1) is 20.4. The third-order valence-corrected chi connectivity index (χ3v) is 10.4. The summed E-state index contributed by atoms with van der Waals surface area (Å²) in [5, 5.41) is 8.59. The van der Waals surface area contributed by atoms with Gasteiger partial charge < -0.3 is 10.6 Å². The second-order valence-corrected chi connectivity index (χ2v) is 11.6. The van der Waals surface area contributed by atoms with Crippen LogP contribution in [0.1, 0.15) is 30.4 Å². The molecule has 4 heterocycles. The molecule has 2 saturated heterocycles. The molecule has 5 unspecified atom stereocenters. The van der Waals surface area contributed by atoms with E-state index in [9.17, 15) is 0 Å². The highest BCUT2D eigenvalue weighted by Crippen LogP contribution is 2.59. The van der Waals surface area contributed by atoms with Crippen LogP contribution in [0.4, 0.5) is 0 Å². The SMILES string of the molecule is c1ccc(B2c3ccccc3C3(c4ccccc4SC4CCCNC43)C3CNCCC23)cc1. The summed E-state index contributed by atoms with van der Waals surface area (Å²) in [6, 6.07) is 30.7. The zero-order valence-electron chi connectivity index (χ0n) is 19.0. The molecular weight excluding hydrogens is 419 g/mol. The standard InChI is InChI=1S/C29H31BN2S/c1-2-9-20(10-3-1)30-24-13-6-4-11-21(24)29(23-19-31-18-16-25(23)30)22-12-5-7-14-26(22)33-27-15-8-17-32-28(27)29/h1-7,9-14,23,25,27-28,31-32H,8,15-19H2. The Morgan fingerprint density at radius 2 is 1.61 bits per heavy atom. The van der Waals surface area contributed by atoms with Crippen LogP contribution in [0.2, 0.25) is 5.82 Å². The average Bonchev–Trinajstić information content (AvgIpc) is 2.89. The first-order chi connectivity index (χ1) is 16.4. The number of rotatable bonds is 1. The summed E-state index contributed by atoms with van der Waals surface area (Å²) in [6.45, 7) is 3.84. The molecule has 3 aromatic carbocycles. The fraction of sp³-hybridized carbons (Fsp3) is 0.379. The number of benzene rings is 3. The zero-order valence-corrected chi connectivity index (χ0v) is 19.9. The highest BCUT2D eigenvalue weighted by atomic mass is 32.2. The molecule has 0 aromatic heterocycles. The van der Waals surface area contributed by atoms with Gasteiger partial charge >= 0.3 is 0 Å². The number of hydrogen-bond acceptors (Lipinski definition) is 3. The highest BCUT2D eigenvalue weighted by Gasteiger charge is 2.61. The van der Waals surface area contributed by atoms with Crippen molar-refractivity contribution in [1.82, 2.24) is 10.6 Å². The van der Waals surface area contributed by atoms with Crippen molar-refractivity contribution in [3.63, 3.8) is 0 Å². The van der Waals surface area contributed by atoms with Crippen LogP contribution in [0, 0.1) is 5.92 Å². The molecule has 7 rings (SSSR count). The highest BCUT2D eigenvalue weighted by molar-refractivity contribution is 8.00. The lowest BCUT2D eigenvalue weighted by atomic mass is 9.24. The summed E-state index contributed by atoms with van der Waals surface area (Å²) in [7, 11) is 0. The number of thioether (sulfide) groups is 1. The Morgan fingerprint density at radius 3 is 2.52 bits per heavy atom. The second kappa shape index (κ2) is 8.04. The molecule has 1 spiro atoms. The van der Waals surface area contributed by atoms with Gasteiger partial charge in [0.25, 0.3) is 0 Å².